The number of likely N-dealkylation sites (tertiary alicyclic amines) is 1. The minimum atomic E-state index is -0.184. The molecule has 0 unspecified atom stereocenters. The highest BCUT2D eigenvalue weighted by atomic mass is 16.3. The van der Waals surface area contributed by atoms with E-state index in [2.05, 4.69) is 10.6 Å². The van der Waals surface area contributed by atoms with Crippen molar-refractivity contribution in [3.8, 4) is 0 Å². The summed E-state index contributed by atoms with van der Waals surface area (Å²) in [6, 6.07) is 17.9. The number of furan rings is 1. The molecule has 4 rings (SSSR count). The lowest BCUT2D eigenvalue weighted by Crippen LogP contribution is -3.11. The summed E-state index contributed by atoms with van der Waals surface area (Å²) >= 11 is 0. The first kappa shape index (κ1) is 20.2. The SMILES string of the molecule is O=C(CNC(=O)Cc1cccc2ccccc12)NC[C@H](c1ccco1)[NH+]1CCCC1. The summed E-state index contributed by atoms with van der Waals surface area (Å²) in [7, 11) is 0. The first-order valence-corrected chi connectivity index (χ1v) is 10.6. The molecule has 1 aromatic heterocycles. The van der Waals surface area contributed by atoms with E-state index in [0.29, 0.717) is 6.54 Å². The minimum absolute atomic E-state index is 0.0240. The maximum absolute atomic E-state index is 12.4. The Morgan fingerprint density at radius 1 is 0.933 bits per heavy atom. The van der Waals surface area contributed by atoms with Crippen LogP contribution in [0.3, 0.4) is 0 Å². The van der Waals surface area contributed by atoms with Crippen LogP contribution in [0.25, 0.3) is 10.8 Å². The van der Waals surface area contributed by atoms with Crippen molar-refractivity contribution in [1.82, 2.24) is 10.6 Å². The normalized spacial score (nSPS) is 15.2. The Labute approximate surface area is 176 Å². The number of hydrogen-bond acceptors (Lipinski definition) is 3. The van der Waals surface area contributed by atoms with E-state index < -0.39 is 0 Å². The molecule has 1 atom stereocenters. The van der Waals surface area contributed by atoms with Crippen molar-refractivity contribution in [3.05, 3.63) is 72.2 Å². The number of fused-ring (bicyclic) bond motifs is 1. The first-order valence-electron chi connectivity index (χ1n) is 10.6. The van der Waals surface area contributed by atoms with Crippen LogP contribution in [0.2, 0.25) is 0 Å². The molecule has 6 nitrogen and oxygen atoms in total. The van der Waals surface area contributed by atoms with Gasteiger partial charge in [-0.15, -0.1) is 0 Å². The first-order chi connectivity index (χ1) is 14.7. The fourth-order valence-corrected chi connectivity index (χ4v) is 4.25. The smallest absolute Gasteiger partial charge is 0.239 e. The molecule has 0 radical (unpaired) electrons. The zero-order valence-electron chi connectivity index (χ0n) is 17.0. The standard InChI is InChI=1S/C24H27N3O3/c28-23(15-19-9-5-8-18-7-1-2-10-20(18)19)26-17-24(29)25-16-21(22-11-6-14-30-22)27-12-3-4-13-27/h1-2,5-11,14,21H,3-4,12-13,15-17H2,(H,25,29)(H,26,28)/p+1/t21-/m1/s1. The third-order valence-corrected chi connectivity index (χ3v) is 5.81. The van der Waals surface area contributed by atoms with Gasteiger partial charge in [0.1, 0.15) is 0 Å². The van der Waals surface area contributed by atoms with Gasteiger partial charge >= 0.3 is 0 Å². The van der Waals surface area contributed by atoms with E-state index in [1.165, 1.54) is 17.7 Å². The average molecular weight is 407 g/mol. The molecule has 0 saturated carbocycles. The molecule has 0 bridgehead atoms. The van der Waals surface area contributed by atoms with E-state index in [9.17, 15) is 9.59 Å². The lowest BCUT2D eigenvalue weighted by Gasteiger charge is -2.23. The summed E-state index contributed by atoms with van der Waals surface area (Å²) in [6.45, 7) is 2.65. The van der Waals surface area contributed by atoms with Crippen LogP contribution in [0, 0.1) is 0 Å². The maximum Gasteiger partial charge on any atom is 0.239 e. The second-order valence-electron chi connectivity index (χ2n) is 7.83. The van der Waals surface area contributed by atoms with Gasteiger partial charge in [-0.1, -0.05) is 42.5 Å². The minimum Gasteiger partial charge on any atom is -0.463 e. The number of amides is 2. The molecule has 2 aromatic carbocycles. The Kier molecular flexibility index (Phi) is 6.44. The summed E-state index contributed by atoms with van der Waals surface area (Å²) in [5, 5.41) is 7.87. The van der Waals surface area contributed by atoms with Gasteiger partial charge in [0.2, 0.25) is 11.8 Å². The number of nitrogens with one attached hydrogen (secondary N) is 3. The average Bonchev–Trinajstić information content (AvgIpc) is 3.48. The van der Waals surface area contributed by atoms with Crippen LogP contribution in [0.4, 0.5) is 0 Å². The summed E-state index contributed by atoms with van der Waals surface area (Å²) in [4.78, 5) is 26.2. The largest absolute Gasteiger partial charge is 0.463 e. The van der Waals surface area contributed by atoms with Crippen molar-refractivity contribution in [2.24, 2.45) is 0 Å². The van der Waals surface area contributed by atoms with Crippen LogP contribution in [0.1, 0.15) is 30.2 Å². The van der Waals surface area contributed by atoms with Crippen LogP contribution in [-0.4, -0.2) is 38.0 Å². The van der Waals surface area contributed by atoms with Crippen molar-refractivity contribution < 1.29 is 18.9 Å². The van der Waals surface area contributed by atoms with Crippen LogP contribution >= 0.6 is 0 Å². The van der Waals surface area contributed by atoms with E-state index in [4.69, 9.17) is 4.42 Å². The Hall–Kier alpha value is -3.12. The van der Waals surface area contributed by atoms with Gasteiger partial charge < -0.3 is 20.0 Å². The molecule has 1 aliphatic rings. The van der Waals surface area contributed by atoms with E-state index in [0.717, 1.165) is 35.2 Å². The summed E-state index contributed by atoms with van der Waals surface area (Å²) < 4.78 is 5.60. The predicted molar refractivity (Wildman–Crippen MR) is 115 cm³/mol. The van der Waals surface area contributed by atoms with Crippen LogP contribution in [0.5, 0.6) is 0 Å². The highest BCUT2D eigenvalue weighted by Gasteiger charge is 2.29. The molecule has 3 N–H and O–H groups in total. The second kappa shape index (κ2) is 9.59. The Morgan fingerprint density at radius 3 is 2.53 bits per heavy atom. The van der Waals surface area contributed by atoms with E-state index in [1.807, 2.05) is 54.6 Å². The van der Waals surface area contributed by atoms with Crippen molar-refractivity contribution >= 4 is 22.6 Å². The topological polar surface area (TPSA) is 75.8 Å². The second-order valence-corrected chi connectivity index (χ2v) is 7.83. The van der Waals surface area contributed by atoms with Crippen molar-refractivity contribution in [2.75, 3.05) is 26.2 Å². The van der Waals surface area contributed by atoms with E-state index in [1.54, 1.807) is 6.26 Å². The van der Waals surface area contributed by atoms with E-state index >= 15 is 0 Å². The molecular formula is C24H28N3O3+. The lowest BCUT2D eigenvalue weighted by molar-refractivity contribution is -0.919. The molecule has 1 aliphatic heterocycles. The Bertz CT molecular complexity index is 989. The third-order valence-electron chi connectivity index (χ3n) is 5.81. The fourth-order valence-electron chi connectivity index (χ4n) is 4.25. The zero-order chi connectivity index (χ0) is 20.8. The number of rotatable bonds is 8. The van der Waals surface area contributed by atoms with Crippen LogP contribution < -0.4 is 15.5 Å². The van der Waals surface area contributed by atoms with Gasteiger partial charge in [0.15, 0.2) is 11.8 Å². The zero-order valence-corrected chi connectivity index (χ0v) is 17.0. The molecule has 156 valence electrons. The van der Waals surface area contributed by atoms with Crippen LogP contribution in [-0.2, 0) is 16.0 Å². The molecule has 3 aromatic rings. The van der Waals surface area contributed by atoms with Gasteiger partial charge in [-0.25, -0.2) is 0 Å². The van der Waals surface area contributed by atoms with Crippen molar-refractivity contribution in [3.63, 3.8) is 0 Å². The van der Waals surface area contributed by atoms with Gasteiger partial charge in [0.25, 0.3) is 0 Å². The third kappa shape index (κ3) is 4.89. The molecule has 1 fully saturated rings. The molecular weight excluding hydrogens is 378 g/mol. The Balaban J connectivity index is 1.28. The molecule has 1 saturated heterocycles. The van der Waals surface area contributed by atoms with Gasteiger partial charge in [-0.2, -0.15) is 0 Å². The number of quaternary nitrogens is 1. The number of benzene rings is 2. The molecule has 2 amide bonds. The molecule has 0 spiro atoms. The summed E-state index contributed by atoms with van der Waals surface area (Å²) in [6.07, 6.45) is 4.32. The lowest BCUT2D eigenvalue weighted by atomic mass is 10.0. The number of hydrogen-bond donors (Lipinski definition) is 3. The molecule has 2 heterocycles. The monoisotopic (exact) mass is 406 g/mol. The molecule has 0 aliphatic carbocycles. The highest BCUT2D eigenvalue weighted by Crippen LogP contribution is 2.18. The maximum atomic E-state index is 12.4. The number of carbonyl (C=O) groups is 2. The van der Waals surface area contributed by atoms with Crippen molar-refractivity contribution in [2.45, 2.75) is 25.3 Å². The van der Waals surface area contributed by atoms with Gasteiger partial charge in [-0.05, 0) is 28.5 Å². The summed E-state index contributed by atoms with van der Waals surface area (Å²) in [5.41, 5.74) is 0.960. The number of carbonyl (C=O) groups excluding carboxylic acids is 2. The quantitative estimate of drug-likeness (QED) is 0.532. The molecule has 6 heteroatoms. The summed E-state index contributed by atoms with van der Waals surface area (Å²) in [5.74, 6) is 0.554. The fraction of sp³-hybridized carbons (Fsp3) is 0.333. The highest BCUT2D eigenvalue weighted by molar-refractivity contribution is 5.91. The van der Waals surface area contributed by atoms with Gasteiger partial charge in [-0.3, -0.25) is 9.59 Å². The predicted octanol–water partition coefficient (Wildman–Crippen LogP) is 1.63. The van der Waals surface area contributed by atoms with E-state index in [-0.39, 0.29) is 30.8 Å². The van der Waals surface area contributed by atoms with Gasteiger partial charge in [0.05, 0.1) is 38.9 Å². The van der Waals surface area contributed by atoms with Crippen LogP contribution in [0.15, 0.2) is 65.3 Å². The Morgan fingerprint density at radius 2 is 1.73 bits per heavy atom. The van der Waals surface area contributed by atoms with Gasteiger partial charge in [0, 0.05) is 12.8 Å². The van der Waals surface area contributed by atoms with Crippen molar-refractivity contribution in [1.29, 1.82) is 0 Å². The molecule has 30 heavy (non-hydrogen) atoms.